The number of carbonyl (C=O) groups is 1. The smallest absolute Gasteiger partial charge is 0.247 e. The van der Waals surface area contributed by atoms with E-state index in [0.717, 1.165) is 16.7 Å². The van der Waals surface area contributed by atoms with Gasteiger partial charge >= 0.3 is 5.97 Å². The van der Waals surface area contributed by atoms with Crippen molar-refractivity contribution in [3.8, 4) is 0 Å². The lowest BCUT2D eigenvalue weighted by Gasteiger charge is -2.02. The minimum atomic E-state index is -1.02. The third-order valence-electron chi connectivity index (χ3n) is 1.84. The molecule has 1 radical (unpaired) electrons. The maximum absolute atomic E-state index is 10.3. The van der Waals surface area contributed by atoms with Gasteiger partial charge in [0.2, 0.25) is 0 Å². The molecular weight excluding hydrogens is 152 g/mol. The van der Waals surface area contributed by atoms with Crippen molar-refractivity contribution in [2.75, 3.05) is 0 Å². The van der Waals surface area contributed by atoms with E-state index in [9.17, 15) is 9.90 Å². The van der Waals surface area contributed by atoms with E-state index in [0.29, 0.717) is 0 Å². The first-order valence-corrected chi connectivity index (χ1v) is 3.85. The van der Waals surface area contributed by atoms with Gasteiger partial charge in [-0.1, -0.05) is 23.8 Å². The maximum atomic E-state index is 10.3. The van der Waals surface area contributed by atoms with E-state index in [4.69, 9.17) is 0 Å². The summed E-state index contributed by atoms with van der Waals surface area (Å²) < 4.78 is 0. The number of rotatable bonds is 2. The topological polar surface area (TPSA) is 37.0 Å². The van der Waals surface area contributed by atoms with Crippen LogP contribution in [0.15, 0.2) is 18.2 Å². The van der Waals surface area contributed by atoms with Crippen LogP contribution in [0, 0.1) is 13.8 Å². The molecule has 0 N–H and O–H groups in total. The fourth-order valence-electron chi connectivity index (χ4n) is 1.15. The zero-order chi connectivity index (χ0) is 9.14. The Morgan fingerprint density at radius 3 is 2.58 bits per heavy atom. The Labute approximate surface area is 71.8 Å². The Kier molecular flexibility index (Phi) is 2.48. The number of carbonyl (C=O) groups excluding carboxylic acids is 1. The summed E-state index contributed by atoms with van der Waals surface area (Å²) in [5.41, 5.74) is 2.93. The van der Waals surface area contributed by atoms with Gasteiger partial charge in [0.25, 0.3) is 0 Å². The average Bonchev–Trinajstić information content (AvgIpc) is 1.96. The third-order valence-corrected chi connectivity index (χ3v) is 1.84. The molecule has 0 saturated carbocycles. The molecule has 1 rings (SSSR count). The van der Waals surface area contributed by atoms with Gasteiger partial charge in [0.1, 0.15) is 0 Å². The Balaban J connectivity index is 2.97. The molecule has 0 saturated heterocycles. The fraction of sp³-hybridized carbons (Fsp3) is 0.300. The van der Waals surface area contributed by atoms with Gasteiger partial charge in [-0.3, -0.25) is 0 Å². The van der Waals surface area contributed by atoms with Crippen molar-refractivity contribution in [1.82, 2.24) is 0 Å². The summed E-state index contributed by atoms with van der Waals surface area (Å²) in [6.07, 6.45) is 0.00745. The lowest BCUT2D eigenvalue weighted by molar-refractivity contribution is -0.142. The first-order chi connectivity index (χ1) is 5.59. The van der Waals surface area contributed by atoms with Crippen LogP contribution < -0.4 is 0 Å². The molecule has 0 aliphatic heterocycles. The van der Waals surface area contributed by atoms with Gasteiger partial charge in [0.15, 0.2) is 0 Å². The normalized spacial score (nSPS) is 9.83. The molecule has 0 aliphatic carbocycles. The third kappa shape index (κ3) is 2.09. The molecule has 2 nitrogen and oxygen atoms in total. The molecule has 0 spiro atoms. The molecule has 0 fully saturated rings. The zero-order valence-electron chi connectivity index (χ0n) is 7.26. The Bertz CT molecular complexity index is 303. The minimum absolute atomic E-state index is 0.00745. The lowest BCUT2D eigenvalue weighted by Crippen LogP contribution is -2.00. The van der Waals surface area contributed by atoms with Crippen molar-refractivity contribution >= 4 is 5.97 Å². The van der Waals surface area contributed by atoms with Gasteiger partial charge in [-0.2, -0.15) is 0 Å². The Morgan fingerprint density at radius 2 is 2.00 bits per heavy atom. The maximum Gasteiger partial charge on any atom is 0.359 e. The van der Waals surface area contributed by atoms with Crippen LogP contribution >= 0.6 is 0 Å². The summed E-state index contributed by atoms with van der Waals surface area (Å²) in [6.45, 7) is 3.84. The molecule has 1 aromatic rings. The molecular formula is C10H11O2. The molecule has 0 aliphatic rings. The molecule has 1 aromatic carbocycles. The lowest BCUT2D eigenvalue weighted by atomic mass is 10.0. The van der Waals surface area contributed by atoms with Gasteiger partial charge < -0.3 is 0 Å². The van der Waals surface area contributed by atoms with Crippen molar-refractivity contribution in [3.05, 3.63) is 34.9 Å². The van der Waals surface area contributed by atoms with E-state index < -0.39 is 5.97 Å². The monoisotopic (exact) mass is 163 g/mol. The summed E-state index contributed by atoms with van der Waals surface area (Å²) in [5, 5.41) is 10.3. The highest BCUT2D eigenvalue weighted by Gasteiger charge is 2.04. The number of hydrogen-bond donors (Lipinski definition) is 0. The van der Waals surface area contributed by atoms with Crippen LogP contribution in [-0.4, -0.2) is 5.97 Å². The second kappa shape index (κ2) is 3.39. The summed E-state index contributed by atoms with van der Waals surface area (Å²) in [5.74, 6) is -1.02. The quantitative estimate of drug-likeness (QED) is 0.655. The standard InChI is InChI=1S/C10H11O2/c1-7-3-4-8(2)9(5-7)6-10(11)12/h3-5H,6H2,1-2H3. The molecule has 0 amide bonds. The van der Waals surface area contributed by atoms with E-state index in [-0.39, 0.29) is 6.42 Å². The summed E-state index contributed by atoms with van der Waals surface area (Å²) in [4.78, 5) is 10.3. The number of aryl methyl sites for hydroxylation is 2. The Hall–Kier alpha value is -1.31. The van der Waals surface area contributed by atoms with Gasteiger partial charge in [-0.25, -0.2) is 9.90 Å². The molecule has 0 atom stereocenters. The second-order valence-electron chi connectivity index (χ2n) is 2.98. The van der Waals surface area contributed by atoms with Crippen LogP contribution in [0.1, 0.15) is 16.7 Å². The SMILES string of the molecule is Cc1ccc(C)c(CC([O])=O)c1. The highest BCUT2D eigenvalue weighted by Crippen LogP contribution is 2.10. The van der Waals surface area contributed by atoms with E-state index in [2.05, 4.69) is 0 Å². The Morgan fingerprint density at radius 1 is 1.33 bits per heavy atom. The van der Waals surface area contributed by atoms with Crippen LogP contribution in [0.5, 0.6) is 0 Å². The zero-order valence-corrected chi connectivity index (χ0v) is 7.26. The first kappa shape index (κ1) is 8.78. The van der Waals surface area contributed by atoms with Gasteiger partial charge in [0.05, 0.1) is 6.42 Å². The van der Waals surface area contributed by atoms with Crippen LogP contribution in [0.25, 0.3) is 0 Å². The van der Waals surface area contributed by atoms with Crippen molar-refractivity contribution in [2.24, 2.45) is 0 Å². The van der Waals surface area contributed by atoms with Crippen molar-refractivity contribution in [2.45, 2.75) is 20.3 Å². The van der Waals surface area contributed by atoms with Crippen LogP contribution in [-0.2, 0) is 16.3 Å². The first-order valence-electron chi connectivity index (χ1n) is 3.85. The van der Waals surface area contributed by atoms with E-state index >= 15 is 0 Å². The average molecular weight is 163 g/mol. The second-order valence-corrected chi connectivity index (χ2v) is 2.98. The van der Waals surface area contributed by atoms with E-state index in [1.807, 2.05) is 32.0 Å². The number of hydrogen-bond acceptors (Lipinski definition) is 1. The van der Waals surface area contributed by atoms with E-state index in [1.165, 1.54) is 0 Å². The van der Waals surface area contributed by atoms with E-state index in [1.54, 1.807) is 0 Å². The molecule has 0 aromatic heterocycles. The molecule has 0 unspecified atom stereocenters. The molecule has 2 heteroatoms. The van der Waals surface area contributed by atoms with Crippen molar-refractivity contribution in [1.29, 1.82) is 0 Å². The van der Waals surface area contributed by atoms with Gasteiger partial charge in [-0.05, 0) is 25.0 Å². The van der Waals surface area contributed by atoms with Crippen molar-refractivity contribution < 1.29 is 9.90 Å². The summed E-state index contributed by atoms with van der Waals surface area (Å²) in [7, 11) is 0. The van der Waals surface area contributed by atoms with Crippen LogP contribution in [0.4, 0.5) is 0 Å². The van der Waals surface area contributed by atoms with Crippen molar-refractivity contribution in [3.63, 3.8) is 0 Å². The predicted octanol–water partition coefficient (Wildman–Crippen LogP) is 1.80. The van der Waals surface area contributed by atoms with Crippen LogP contribution in [0.3, 0.4) is 0 Å². The highest BCUT2D eigenvalue weighted by molar-refractivity contribution is 5.70. The molecule has 12 heavy (non-hydrogen) atoms. The molecule has 0 heterocycles. The predicted molar refractivity (Wildman–Crippen MR) is 45.3 cm³/mol. The van der Waals surface area contributed by atoms with Crippen LogP contribution in [0.2, 0.25) is 0 Å². The highest BCUT2D eigenvalue weighted by atomic mass is 16.4. The largest absolute Gasteiger partial charge is 0.359 e. The minimum Gasteiger partial charge on any atom is -0.247 e. The molecule has 63 valence electrons. The summed E-state index contributed by atoms with van der Waals surface area (Å²) >= 11 is 0. The summed E-state index contributed by atoms with van der Waals surface area (Å²) in [6, 6.07) is 5.77. The van der Waals surface area contributed by atoms with Gasteiger partial charge in [-0.15, -0.1) is 0 Å². The number of benzene rings is 1. The fourth-order valence-corrected chi connectivity index (χ4v) is 1.15. The molecule has 0 bridgehead atoms. The van der Waals surface area contributed by atoms with Gasteiger partial charge in [0, 0.05) is 0 Å².